The van der Waals surface area contributed by atoms with Gasteiger partial charge in [-0.15, -0.1) is 0 Å². The molecule has 2 amide bonds. The fourth-order valence-corrected chi connectivity index (χ4v) is 5.20. The zero-order valence-corrected chi connectivity index (χ0v) is 23.4. The number of benzene rings is 3. The molecule has 0 heterocycles. The Balaban J connectivity index is 2.05. The lowest BCUT2D eigenvalue weighted by Gasteiger charge is -2.34. The summed E-state index contributed by atoms with van der Waals surface area (Å²) in [5, 5.41) is 2.94. The molecule has 0 aliphatic rings. The van der Waals surface area contributed by atoms with Gasteiger partial charge in [-0.2, -0.15) is 0 Å². The highest BCUT2D eigenvalue weighted by atomic mass is 32.2. The van der Waals surface area contributed by atoms with Gasteiger partial charge in [-0.25, -0.2) is 8.42 Å². The zero-order valence-electron chi connectivity index (χ0n) is 22.6. The normalized spacial score (nSPS) is 12.0. The van der Waals surface area contributed by atoms with Gasteiger partial charge >= 0.3 is 0 Å². The number of nitrogens with zero attached hydrogens (tertiary/aromatic N) is 2. The van der Waals surface area contributed by atoms with Crippen LogP contribution >= 0.6 is 0 Å². The lowest BCUT2D eigenvalue weighted by molar-refractivity contribution is -0.140. The molecule has 0 unspecified atom stereocenters. The summed E-state index contributed by atoms with van der Waals surface area (Å²) in [5.41, 5.74) is 3.91. The fourth-order valence-electron chi connectivity index (χ4n) is 4.30. The lowest BCUT2D eigenvalue weighted by atomic mass is 10.0. The minimum Gasteiger partial charge on any atom is -0.354 e. The molecule has 0 saturated heterocycles. The van der Waals surface area contributed by atoms with E-state index in [2.05, 4.69) is 5.32 Å². The molecule has 0 spiro atoms. The van der Waals surface area contributed by atoms with Gasteiger partial charge in [0, 0.05) is 19.5 Å². The van der Waals surface area contributed by atoms with Crippen LogP contribution in [0.2, 0.25) is 0 Å². The van der Waals surface area contributed by atoms with E-state index in [4.69, 9.17) is 0 Å². The van der Waals surface area contributed by atoms with Gasteiger partial charge in [-0.05, 0) is 48.6 Å². The molecule has 0 aliphatic heterocycles. The third-order valence-electron chi connectivity index (χ3n) is 6.54. The van der Waals surface area contributed by atoms with Crippen molar-refractivity contribution in [1.29, 1.82) is 0 Å². The van der Waals surface area contributed by atoms with E-state index in [1.54, 1.807) is 12.1 Å². The van der Waals surface area contributed by atoms with Crippen LogP contribution in [-0.2, 0) is 32.6 Å². The molecule has 3 aromatic rings. The summed E-state index contributed by atoms with van der Waals surface area (Å²) in [6.45, 7) is 5.94. The first-order chi connectivity index (χ1) is 18.1. The van der Waals surface area contributed by atoms with Crippen LogP contribution in [0.15, 0.2) is 78.9 Å². The van der Waals surface area contributed by atoms with Gasteiger partial charge in [0.1, 0.15) is 12.6 Å². The number of carbonyl (C=O) groups excluding carboxylic acids is 2. The van der Waals surface area contributed by atoms with E-state index in [9.17, 15) is 18.0 Å². The van der Waals surface area contributed by atoms with Crippen LogP contribution in [0.3, 0.4) is 0 Å². The van der Waals surface area contributed by atoms with Crippen LogP contribution in [0, 0.1) is 13.8 Å². The molecular formula is C30H37N3O4S. The highest BCUT2D eigenvalue weighted by Gasteiger charge is 2.33. The average Bonchev–Trinajstić information content (AvgIpc) is 2.90. The fraction of sp³-hybridized carbons (Fsp3) is 0.333. The van der Waals surface area contributed by atoms with E-state index in [-0.39, 0.29) is 12.5 Å². The first kappa shape index (κ1) is 28.9. The predicted molar refractivity (Wildman–Crippen MR) is 152 cm³/mol. The monoisotopic (exact) mass is 535 g/mol. The maximum absolute atomic E-state index is 14.0. The second kappa shape index (κ2) is 13.2. The molecule has 0 radical (unpaired) electrons. The number of nitrogens with one attached hydrogen (secondary N) is 1. The first-order valence-electron chi connectivity index (χ1n) is 12.8. The Hall–Kier alpha value is -3.65. The highest BCUT2D eigenvalue weighted by molar-refractivity contribution is 7.92. The molecule has 3 rings (SSSR count). The van der Waals surface area contributed by atoms with Crippen molar-refractivity contribution in [3.63, 3.8) is 0 Å². The molecule has 1 atom stereocenters. The van der Waals surface area contributed by atoms with Crippen molar-refractivity contribution in [2.75, 3.05) is 23.7 Å². The third-order valence-corrected chi connectivity index (χ3v) is 7.67. The largest absolute Gasteiger partial charge is 0.354 e. The number of hydrogen-bond donors (Lipinski definition) is 1. The Labute approximate surface area is 226 Å². The average molecular weight is 536 g/mol. The van der Waals surface area contributed by atoms with Crippen molar-refractivity contribution < 1.29 is 18.0 Å². The number of aryl methyl sites for hydroxylation is 1. The van der Waals surface area contributed by atoms with Crippen LogP contribution in [0.5, 0.6) is 0 Å². The van der Waals surface area contributed by atoms with Crippen molar-refractivity contribution >= 4 is 27.5 Å². The summed E-state index contributed by atoms with van der Waals surface area (Å²) in [5.74, 6) is -0.717. The lowest BCUT2D eigenvalue weighted by Crippen LogP contribution is -2.53. The maximum Gasteiger partial charge on any atom is 0.244 e. The van der Waals surface area contributed by atoms with Crippen molar-refractivity contribution in [2.45, 2.75) is 46.2 Å². The van der Waals surface area contributed by atoms with E-state index < -0.39 is 28.5 Å². The Kier molecular flexibility index (Phi) is 10.1. The van der Waals surface area contributed by atoms with Crippen molar-refractivity contribution in [1.82, 2.24) is 10.2 Å². The van der Waals surface area contributed by atoms with Gasteiger partial charge < -0.3 is 10.2 Å². The summed E-state index contributed by atoms with van der Waals surface area (Å²) >= 11 is 0. The molecular weight excluding hydrogens is 498 g/mol. The number of sulfonamides is 1. The Morgan fingerprint density at radius 3 is 2.05 bits per heavy atom. The number of hydrogen-bond acceptors (Lipinski definition) is 4. The topological polar surface area (TPSA) is 86.8 Å². The quantitative estimate of drug-likeness (QED) is 0.376. The van der Waals surface area contributed by atoms with Gasteiger partial charge in [-0.3, -0.25) is 13.9 Å². The number of anilines is 1. The standard InChI is InChI=1S/C30H37N3O4S/c1-5-19-31-30(35)28(20-25-14-8-6-9-15-25)32(21-26-16-10-7-11-17-26)29(34)22-33(38(4,36)37)27-18-12-13-23(2)24(27)3/h6-18,28H,5,19-22H2,1-4H3,(H,31,35)/t28-/m1/s1. The molecule has 0 fully saturated rings. The summed E-state index contributed by atoms with van der Waals surface area (Å²) in [6, 6.07) is 23.5. The number of amides is 2. The minimum absolute atomic E-state index is 0.168. The van der Waals surface area contributed by atoms with E-state index >= 15 is 0 Å². The second-order valence-electron chi connectivity index (χ2n) is 9.49. The van der Waals surface area contributed by atoms with E-state index in [1.165, 1.54) is 4.90 Å². The van der Waals surface area contributed by atoms with E-state index in [0.29, 0.717) is 18.7 Å². The third kappa shape index (κ3) is 7.68. The molecule has 3 aromatic carbocycles. The summed E-state index contributed by atoms with van der Waals surface area (Å²) in [7, 11) is -3.79. The number of rotatable bonds is 12. The molecule has 0 saturated carbocycles. The summed E-state index contributed by atoms with van der Waals surface area (Å²) in [4.78, 5) is 29.0. The SMILES string of the molecule is CCCNC(=O)[C@@H](Cc1ccccc1)N(Cc1ccccc1)C(=O)CN(c1cccc(C)c1C)S(C)(=O)=O. The molecule has 0 bridgehead atoms. The summed E-state index contributed by atoms with van der Waals surface area (Å²) in [6.07, 6.45) is 2.15. The Bertz CT molecular complexity index is 1330. The molecule has 38 heavy (non-hydrogen) atoms. The molecule has 202 valence electrons. The van der Waals surface area contributed by atoms with Gasteiger partial charge in [-0.1, -0.05) is 79.7 Å². The molecule has 1 N–H and O–H groups in total. The van der Waals surface area contributed by atoms with Crippen LogP contribution in [0.25, 0.3) is 0 Å². The van der Waals surface area contributed by atoms with Crippen LogP contribution in [0.4, 0.5) is 5.69 Å². The second-order valence-corrected chi connectivity index (χ2v) is 11.4. The van der Waals surface area contributed by atoms with Crippen molar-refractivity contribution in [2.24, 2.45) is 0 Å². The molecule has 0 aliphatic carbocycles. The van der Waals surface area contributed by atoms with Crippen molar-refractivity contribution in [3.8, 4) is 0 Å². The van der Waals surface area contributed by atoms with Gasteiger partial charge in [0.15, 0.2) is 0 Å². The number of carbonyl (C=O) groups is 2. The molecule has 0 aromatic heterocycles. The van der Waals surface area contributed by atoms with Gasteiger partial charge in [0.2, 0.25) is 21.8 Å². The molecule has 8 heteroatoms. The zero-order chi connectivity index (χ0) is 27.7. The van der Waals surface area contributed by atoms with Crippen molar-refractivity contribution in [3.05, 3.63) is 101 Å². The smallest absolute Gasteiger partial charge is 0.244 e. The minimum atomic E-state index is -3.79. The first-order valence-corrected chi connectivity index (χ1v) is 14.7. The van der Waals surface area contributed by atoms with Gasteiger partial charge in [0.25, 0.3) is 0 Å². The maximum atomic E-state index is 14.0. The van der Waals surface area contributed by atoms with Crippen LogP contribution < -0.4 is 9.62 Å². The van der Waals surface area contributed by atoms with Crippen LogP contribution in [-0.4, -0.2) is 50.5 Å². The molecule has 7 nitrogen and oxygen atoms in total. The Morgan fingerprint density at radius 2 is 1.47 bits per heavy atom. The summed E-state index contributed by atoms with van der Waals surface area (Å²) < 4.78 is 27.0. The highest BCUT2D eigenvalue weighted by Crippen LogP contribution is 2.26. The van der Waals surface area contributed by atoms with E-state index in [0.717, 1.165) is 39.2 Å². The Morgan fingerprint density at radius 1 is 0.868 bits per heavy atom. The predicted octanol–water partition coefficient (Wildman–Crippen LogP) is 4.24. The van der Waals surface area contributed by atoms with Crippen LogP contribution in [0.1, 0.15) is 35.6 Å². The van der Waals surface area contributed by atoms with Gasteiger partial charge in [0.05, 0.1) is 11.9 Å². The van der Waals surface area contributed by atoms with E-state index in [1.807, 2.05) is 87.5 Å².